The van der Waals surface area contributed by atoms with Crippen LogP contribution in [0.25, 0.3) is 16.6 Å². The summed E-state index contributed by atoms with van der Waals surface area (Å²) < 4.78 is 15.4. The third-order valence-electron chi connectivity index (χ3n) is 6.06. The molecule has 2 heterocycles. The SMILES string of the molecule is CCC(=O)N1CCN(C(CC)c2nc3ccccc3c(=O)n2-c2ccc(F)c(Cl)c2)CC1. The highest BCUT2D eigenvalue weighted by molar-refractivity contribution is 6.30. The maximum absolute atomic E-state index is 13.8. The summed E-state index contributed by atoms with van der Waals surface area (Å²) in [6.45, 7) is 6.59. The summed E-state index contributed by atoms with van der Waals surface area (Å²) >= 11 is 6.05. The molecule has 4 rings (SSSR count). The van der Waals surface area contributed by atoms with Crippen molar-refractivity contribution in [1.29, 1.82) is 0 Å². The van der Waals surface area contributed by atoms with E-state index < -0.39 is 5.82 Å². The normalized spacial score (nSPS) is 15.8. The molecule has 1 aliphatic heterocycles. The molecule has 1 saturated heterocycles. The fraction of sp³-hybridized carbons (Fsp3) is 0.375. The van der Waals surface area contributed by atoms with Crippen LogP contribution >= 0.6 is 11.6 Å². The first-order chi connectivity index (χ1) is 15.4. The van der Waals surface area contributed by atoms with Gasteiger partial charge in [-0.2, -0.15) is 0 Å². The Hall–Kier alpha value is -2.77. The Balaban J connectivity index is 1.82. The first-order valence-electron chi connectivity index (χ1n) is 10.9. The van der Waals surface area contributed by atoms with Crippen LogP contribution < -0.4 is 5.56 Å². The average Bonchev–Trinajstić information content (AvgIpc) is 2.82. The van der Waals surface area contributed by atoms with E-state index >= 15 is 0 Å². The minimum Gasteiger partial charge on any atom is -0.340 e. The minimum atomic E-state index is -0.539. The van der Waals surface area contributed by atoms with Gasteiger partial charge in [-0.3, -0.25) is 19.1 Å². The molecular formula is C24H26ClFN4O2. The van der Waals surface area contributed by atoms with Crippen molar-refractivity contribution in [2.75, 3.05) is 26.2 Å². The average molecular weight is 457 g/mol. The number of piperazine rings is 1. The van der Waals surface area contributed by atoms with Gasteiger partial charge in [0.25, 0.3) is 5.56 Å². The highest BCUT2D eigenvalue weighted by atomic mass is 35.5. The van der Waals surface area contributed by atoms with Gasteiger partial charge in [0.2, 0.25) is 5.91 Å². The van der Waals surface area contributed by atoms with E-state index in [0.29, 0.717) is 55.0 Å². The number of carbonyl (C=O) groups excluding carboxylic acids is 1. The number of rotatable bonds is 5. The Morgan fingerprint density at radius 3 is 2.50 bits per heavy atom. The van der Waals surface area contributed by atoms with Crippen LogP contribution in [-0.2, 0) is 4.79 Å². The molecule has 0 radical (unpaired) electrons. The van der Waals surface area contributed by atoms with Crippen LogP contribution in [0.1, 0.15) is 38.6 Å². The van der Waals surface area contributed by atoms with E-state index in [1.54, 1.807) is 22.8 Å². The lowest BCUT2D eigenvalue weighted by Crippen LogP contribution is -2.50. The van der Waals surface area contributed by atoms with Crippen LogP contribution in [-0.4, -0.2) is 51.4 Å². The lowest BCUT2D eigenvalue weighted by atomic mass is 10.1. The van der Waals surface area contributed by atoms with Gasteiger partial charge in [-0.05, 0) is 36.8 Å². The number of aromatic nitrogens is 2. The zero-order chi connectivity index (χ0) is 22.8. The molecule has 1 unspecified atom stereocenters. The number of fused-ring (bicyclic) bond motifs is 1. The standard InChI is InChI=1S/C24H26ClFN4O2/c1-3-21(28-11-13-29(14-12-28)22(31)4-2)23-27-20-8-6-5-7-17(20)24(32)30(23)16-9-10-19(26)18(25)15-16/h5-10,15,21H,3-4,11-14H2,1-2H3. The Labute approximate surface area is 191 Å². The second kappa shape index (κ2) is 9.38. The molecule has 168 valence electrons. The molecule has 0 aliphatic carbocycles. The summed E-state index contributed by atoms with van der Waals surface area (Å²) in [5.41, 5.74) is 0.884. The van der Waals surface area contributed by atoms with Crippen molar-refractivity contribution in [3.63, 3.8) is 0 Å². The maximum Gasteiger partial charge on any atom is 0.266 e. The van der Waals surface area contributed by atoms with E-state index in [9.17, 15) is 14.0 Å². The lowest BCUT2D eigenvalue weighted by Gasteiger charge is -2.39. The molecule has 1 aromatic heterocycles. The smallest absolute Gasteiger partial charge is 0.266 e. The molecule has 3 aromatic rings. The summed E-state index contributed by atoms with van der Waals surface area (Å²) in [6.07, 6.45) is 1.22. The van der Waals surface area contributed by atoms with Gasteiger partial charge in [0.15, 0.2) is 0 Å². The zero-order valence-corrected chi connectivity index (χ0v) is 19.0. The third-order valence-corrected chi connectivity index (χ3v) is 6.35. The van der Waals surface area contributed by atoms with Crippen molar-refractivity contribution in [3.05, 3.63) is 69.5 Å². The number of para-hydroxylation sites is 1. The molecule has 8 heteroatoms. The van der Waals surface area contributed by atoms with Gasteiger partial charge >= 0.3 is 0 Å². The number of amides is 1. The molecule has 1 amide bonds. The molecule has 2 aromatic carbocycles. The van der Waals surface area contributed by atoms with Crippen LogP contribution in [0, 0.1) is 5.82 Å². The number of benzene rings is 2. The van der Waals surface area contributed by atoms with E-state index in [2.05, 4.69) is 11.8 Å². The van der Waals surface area contributed by atoms with Gasteiger partial charge in [0.05, 0.1) is 27.7 Å². The Kier molecular flexibility index (Phi) is 6.58. The summed E-state index contributed by atoms with van der Waals surface area (Å²) in [7, 11) is 0. The van der Waals surface area contributed by atoms with Crippen LogP contribution in [0.3, 0.4) is 0 Å². The van der Waals surface area contributed by atoms with Crippen molar-refractivity contribution < 1.29 is 9.18 Å². The molecule has 1 aliphatic rings. The topological polar surface area (TPSA) is 58.4 Å². The summed E-state index contributed by atoms with van der Waals surface area (Å²) in [5, 5.41) is 0.443. The van der Waals surface area contributed by atoms with Crippen molar-refractivity contribution >= 4 is 28.4 Å². The number of carbonyl (C=O) groups is 1. The fourth-order valence-electron chi connectivity index (χ4n) is 4.36. The summed E-state index contributed by atoms with van der Waals surface area (Å²) in [6, 6.07) is 11.4. The van der Waals surface area contributed by atoms with Gasteiger partial charge in [-0.1, -0.05) is 37.6 Å². The zero-order valence-electron chi connectivity index (χ0n) is 18.2. The summed E-state index contributed by atoms with van der Waals surface area (Å²) in [5.74, 6) is 0.205. The predicted molar refractivity (Wildman–Crippen MR) is 124 cm³/mol. The largest absolute Gasteiger partial charge is 0.340 e. The number of nitrogens with zero attached hydrogens (tertiary/aromatic N) is 4. The second-order valence-electron chi connectivity index (χ2n) is 7.92. The van der Waals surface area contributed by atoms with Gasteiger partial charge in [-0.15, -0.1) is 0 Å². The Morgan fingerprint density at radius 2 is 1.84 bits per heavy atom. The van der Waals surface area contributed by atoms with E-state index in [4.69, 9.17) is 16.6 Å². The van der Waals surface area contributed by atoms with Crippen LogP contribution in [0.15, 0.2) is 47.3 Å². The molecule has 32 heavy (non-hydrogen) atoms. The van der Waals surface area contributed by atoms with Gasteiger partial charge in [0.1, 0.15) is 11.6 Å². The van der Waals surface area contributed by atoms with Crippen LogP contribution in [0.5, 0.6) is 0 Å². The minimum absolute atomic E-state index is 0.0479. The van der Waals surface area contributed by atoms with Crippen LogP contribution in [0.4, 0.5) is 4.39 Å². The van der Waals surface area contributed by atoms with Gasteiger partial charge in [-0.25, -0.2) is 9.37 Å². The molecule has 0 bridgehead atoms. The van der Waals surface area contributed by atoms with E-state index in [1.807, 2.05) is 24.0 Å². The quantitative estimate of drug-likeness (QED) is 0.577. The molecular weight excluding hydrogens is 431 g/mol. The number of hydrogen-bond acceptors (Lipinski definition) is 4. The molecule has 0 N–H and O–H groups in total. The molecule has 0 spiro atoms. The number of hydrogen-bond donors (Lipinski definition) is 0. The molecule has 0 saturated carbocycles. The fourth-order valence-corrected chi connectivity index (χ4v) is 4.53. The van der Waals surface area contributed by atoms with Crippen molar-refractivity contribution in [3.8, 4) is 5.69 Å². The van der Waals surface area contributed by atoms with Crippen molar-refractivity contribution in [2.24, 2.45) is 0 Å². The maximum atomic E-state index is 13.8. The highest BCUT2D eigenvalue weighted by Gasteiger charge is 2.29. The van der Waals surface area contributed by atoms with E-state index in [0.717, 1.165) is 6.42 Å². The molecule has 6 nitrogen and oxygen atoms in total. The van der Waals surface area contributed by atoms with Gasteiger partial charge < -0.3 is 4.90 Å². The lowest BCUT2D eigenvalue weighted by molar-refractivity contribution is -0.133. The van der Waals surface area contributed by atoms with E-state index in [1.165, 1.54) is 12.1 Å². The van der Waals surface area contributed by atoms with E-state index in [-0.39, 0.29) is 22.5 Å². The number of halogens is 2. The first-order valence-corrected chi connectivity index (χ1v) is 11.3. The molecule has 1 atom stereocenters. The van der Waals surface area contributed by atoms with Crippen molar-refractivity contribution in [1.82, 2.24) is 19.4 Å². The Bertz CT molecular complexity index is 1200. The predicted octanol–water partition coefficient (Wildman–Crippen LogP) is 4.18. The highest BCUT2D eigenvalue weighted by Crippen LogP contribution is 2.28. The van der Waals surface area contributed by atoms with Crippen LogP contribution in [0.2, 0.25) is 5.02 Å². The summed E-state index contributed by atoms with van der Waals surface area (Å²) in [4.78, 5) is 34.6. The first kappa shape index (κ1) is 22.4. The molecule has 1 fully saturated rings. The monoisotopic (exact) mass is 456 g/mol. The third kappa shape index (κ3) is 4.14. The Morgan fingerprint density at radius 1 is 1.12 bits per heavy atom. The second-order valence-corrected chi connectivity index (χ2v) is 8.33. The van der Waals surface area contributed by atoms with Gasteiger partial charge in [0, 0.05) is 32.6 Å². The van der Waals surface area contributed by atoms with Crippen molar-refractivity contribution in [2.45, 2.75) is 32.7 Å².